The molecule has 0 spiro atoms. The van der Waals surface area contributed by atoms with E-state index in [2.05, 4.69) is 75.3 Å². The fraction of sp³-hybridized carbons (Fsp3) is 0.667. The predicted molar refractivity (Wildman–Crippen MR) is 89.3 cm³/mol. The van der Waals surface area contributed by atoms with Gasteiger partial charge in [-0.25, -0.2) is 0 Å². The zero-order valence-corrected chi connectivity index (χ0v) is 13.9. The Hall–Kier alpha value is -0.860. The fourth-order valence-corrected chi connectivity index (χ4v) is 2.78. The van der Waals surface area contributed by atoms with Gasteiger partial charge >= 0.3 is 0 Å². The standard InChI is InChI=1S/C18H32N2/c1-6-12-20(5)15-18(4,14-19-13-16(2)3)17-10-8-7-9-11-17/h7-11,16,19H,6,12-15H2,1-5H3. The van der Waals surface area contributed by atoms with Gasteiger partial charge in [0.2, 0.25) is 0 Å². The predicted octanol–water partition coefficient (Wildman–Crippen LogP) is 3.53. The second-order valence-electron chi connectivity index (χ2n) is 6.69. The summed E-state index contributed by atoms with van der Waals surface area (Å²) in [4.78, 5) is 2.45. The average molecular weight is 276 g/mol. The van der Waals surface area contributed by atoms with Crippen molar-refractivity contribution in [2.24, 2.45) is 5.92 Å². The van der Waals surface area contributed by atoms with Crippen molar-refractivity contribution >= 4 is 0 Å². The zero-order chi connectivity index (χ0) is 15.0. The van der Waals surface area contributed by atoms with Crippen LogP contribution in [0.15, 0.2) is 30.3 Å². The van der Waals surface area contributed by atoms with Crippen LogP contribution in [0.3, 0.4) is 0 Å². The summed E-state index contributed by atoms with van der Waals surface area (Å²) >= 11 is 0. The van der Waals surface area contributed by atoms with Gasteiger partial charge in [0.1, 0.15) is 0 Å². The molecule has 0 heterocycles. The fourth-order valence-electron chi connectivity index (χ4n) is 2.78. The largest absolute Gasteiger partial charge is 0.316 e. The van der Waals surface area contributed by atoms with Crippen molar-refractivity contribution in [2.75, 3.05) is 33.2 Å². The molecule has 0 fully saturated rings. The van der Waals surface area contributed by atoms with Crippen LogP contribution in [-0.2, 0) is 5.41 Å². The molecule has 0 aliphatic rings. The summed E-state index contributed by atoms with van der Waals surface area (Å²) in [5.41, 5.74) is 1.60. The molecular formula is C18H32N2. The molecule has 0 amide bonds. The maximum atomic E-state index is 3.64. The molecule has 1 aromatic carbocycles. The monoisotopic (exact) mass is 276 g/mol. The third-order valence-corrected chi connectivity index (χ3v) is 3.76. The van der Waals surface area contributed by atoms with Gasteiger partial charge in [-0.05, 0) is 38.0 Å². The van der Waals surface area contributed by atoms with Gasteiger partial charge in [-0.3, -0.25) is 0 Å². The second-order valence-corrected chi connectivity index (χ2v) is 6.69. The highest BCUT2D eigenvalue weighted by Gasteiger charge is 2.27. The van der Waals surface area contributed by atoms with Crippen molar-refractivity contribution in [2.45, 2.75) is 39.5 Å². The Labute approximate surface area is 125 Å². The van der Waals surface area contributed by atoms with Crippen LogP contribution in [0.4, 0.5) is 0 Å². The molecule has 1 N–H and O–H groups in total. The van der Waals surface area contributed by atoms with Crippen molar-refractivity contribution < 1.29 is 0 Å². The molecule has 114 valence electrons. The quantitative estimate of drug-likeness (QED) is 0.742. The Kier molecular flexibility index (Phi) is 7.25. The highest BCUT2D eigenvalue weighted by atomic mass is 15.1. The summed E-state index contributed by atoms with van der Waals surface area (Å²) in [6.07, 6.45) is 1.21. The van der Waals surface area contributed by atoms with E-state index in [0.717, 1.165) is 26.2 Å². The van der Waals surface area contributed by atoms with Crippen LogP contribution in [0.5, 0.6) is 0 Å². The number of hydrogen-bond donors (Lipinski definition) is 1. The molecule has 2 heteroatoms. The first-order valence-electron chi connectivity index (χ1n) is 7.92. The lowest BCUT2D eigenvalue weighted by Gasteiger charge is -2.35. The first kappa shape index (κ1) is 17.2. The summed E-state index contributed by atoms with van der Waals surface area (Å²) in [6.45, 7) is 13.5. The van der Waals surface area contributed by atoms with Gasteiger partial charge in [0.25, 0.3) is 0 Å². The third-order valence-electron chi connectivity index (χ3n) is 3.76. The van der Waals surface area contributed by atoms with Crippen LogP contribution in [0.25, 0.3) is 0 Å². The number of rotatable bonds is 9. The number of nitrogens with one attached hydrogen (secondary N) is 1. The molecular weight excluding hydrogens is 244 g/mol. The number of likely N-dealkylation sites (N-methyl/N-ethyl adjacent to an activating group) is 1. The van der Waals surface area contributed by atoms with Gasteiger partial charge in [0, 0.05) is 18.5 Å². The van der Waals surface area contributed by atoms with E-state index >= 15 is 0 Å². The lowest BCUT2D eigenvalue weighted by Crippen LogP contribution is -2.45. The third kappa shape index (κ3) is 5.64. The van der Waals surface area contributed by atoms with Crippen LogP contribution >= 0.6 is 0 Å². The molecule has 0 aliphatic carbocycles. The molecule has 1 rings (SSSR count). The minimum atomic E-state index is 0.167. The Morgan fingerprint density at radius 1 is 1.20 bits per heavy atom. The van der Waals surface area contributed by atoms with Crippen molar-refractivity contribution in [3.8, 4) is 0 Å². The van der Waals surface area contributed by atoms with Gasteiger partial charge in [-0.2, -0.15) is 0 Å². The lowest BCUT2D eigenvalue weighted by atomic mass is 9.81. The lowest BCUT2D eigenvalue weighted by molar-refractivity contribution is 0.248. The first-order valence-corrected chi connectivity index (χ1v) is 7.92. The van der Waals surface area contributed by atoms with Crippen LogP contribution < -0.4 is 5.32 Å². The second kappa shape index (κ2) is 8.43. The molecule has 0 saturated carbocycles. The molecule has 2 nitrogen and oxygen atoms in total. The summed E-state index contributed by atoms with van der Waals surface area (Å²) in [7, 11) is 2.23. The molecule has 20 heavy (non-hydrogen) atoms. The van der Waals surface area contributed by atoms with E-state index in [9.17, 15) is 0 Å². The van der Waals surface area contributed by atoms with Crippen LogP contribution in [0.2, 0.25) is 0 Å². The molecule has 0 aromatic heterocycles. The van der Waals surface area contributed by atoms with Gasteiger partial charge in [-0.15, -0.1) is 0 Å². The Bertz CT molecular complexity index is 361. The maximum absolute atomic E-state index is 3.64. The SMILES string of the molecule is CCCN(C)CC(C)(CNCC(C)C)c1ccccc1. The molecule has 0 saturated heterocycles. The summed E-state index contributed by atoms with van der Waals surface area (Å²) in [5.74, 6) is 0.698. The Balaban J connectivity index is 2.77. The van der Waals surface area contributed by atoms with Gasteiger partial charge in [-0.1, -0.05) is 58.0 Å². The van der Waals surface area contributed by atoms with Crippen molar-refractivity contribution in [3.05, 3.63) is 35.9 Å². The van der Waals surface area contributed by atoms with Gasteiger partial charge < -0.3 is 10.2 Å². The zero-order valence-electron chi connectivity index (χ0n) is 13.9. The summed E-state index contributed by atoms with van der Waals surface area (Å²) in [5, 5.41) is 3.64. The normalized spacial score (nSPS) is 14.8. The average Bonchev–Trinajstić information content (AvgIpc) is 2.39. The molecule has 0 radical (unpaired) electrons. The number of benzene rings is 1. The molecule has 1 aromatic rings. The number of nitrogens with zero attached hydrogens (tertiary/aromatic N) is 1. The molecule has 0 aliphatic heterocycles. The van der Waals surface area contributed by atoms with E-state index in [4.69, 9.17) is 0 Å². The molecule has 0 bridgehead atoms. The highest BCUT2D eigenvalue weighted by molar-refractivity contribution is 5.25. The van der Waals surface area contributed by atoms with E-state index < -0.39 is 0 Å². The van der Waals surface area contributed by atoms with E-state index in [1.54, 1.807) is 0 Å². The maximum Gasteiger partial charge on any atom is 0.0176 e. The van der Waals surface area contributed by atoms with E-state index in [1.165, 1.54) is 12.0 Å². The first-order chi connectivity index (χ1) is 9.48. The number of hydrogen-bond acceptors (Lipinski definition) is 2. The topological polar surface area (TPSA) is 15.3 Å². The van der Waals surface area contributed by atoms with Crippen molar-refractivity contribution in [1.82, 2.24) is 10.2 Å². The molecule has 1 atom stereocenters. The van der Waals surface area contributed by atoms with Gasteiger partial charge in [0.15, 0.2) is 0 Å². The van der Waals surface area contributed by atoms with Crippen LogP contribution in [0.1, 0.15) is 39.7 Å². The summed E-state index contributed by atoms with van der Waals surface area (Å²) < 4.78 is 0. The highest BCUT2D eigenvalue weighted by Crippen LogP contribution is 2.24. The minimum absolute atomic E-state index is 0.167. The smallest absolute Gasteiger partial charge is 0.0176 e. The van der Waals surface area contributed by atoms with E-state index in [1.807, 2.05) is 0 Å². The van der Waals surface area contributed by atoms with Gasteiger partial charge in [0.05, 0.1) is 0 Å². The van der Waals surface area contributed by atoms with Crippen LogP contribution in [-0.4, -0.2) is 38.1 Å². The Morgan fingerprint density at radius 3 is 2.40 bits per heavy atom. The molecule has 1 unspecified atom stereocenters. The van der Waals surface area contributed by atoms with E-state index in [-0.39, 0.29) is 5.41 Å². The van der Waals surface area contributed by atoms with Crippen molar-refractivity contribution in [1.29, 1.82) is 0 Å². The van der Waals surface area contributed by atoms with Crippen LogP contribution in [0, 0.1) is 5.92 Å². The minimum Gasteiger partial charge on any atom is -0.316 e. The Morgan fingerprint density at radius 2 is 1.85 bits per heavy atom. The summed E-state index contributed by atoms with van der Waals surface area (Å²) in [6, 6.07) is 10.9. The van der Waals surface area contributed by atoms with Crippen molar-refractivity contribution in [3.63, 3.8) is 0 Å². The van der Waals surface area contributed by atoms with E-state index in [0.29, 0.717) is 5.92 Å².